The molecule has 0 bridgehead atoms. The Kier molecular flexibility index (Phi) is 6.29. The molecule has 7 nitrogen and oxygen atoms in total. The van der Waals surface area contributed by atoms with E-state index in [2.05, 4.69) is 39.1 Å². The zero-order valence-corrected chi connectivity index (χ0v) is 25.2. The SMILES string of the molecule is CC1(C(=O)NCCO)CCC2(C)CCC3(C)C4(C)CCC5C(C)(C)C(=O)C(C#N)=CC5(C)C4=CC(=O)C3(O)C2C1. The van der Waals surface area contributed by atoms with Gasteiger partial charge in [0.15, 0.2) is 11.6 Å². The maximum Gasteiger partial charge on any atom is 0.226 e. The number of allylic oxidation sites excluding steroid dienone is 3. The first-order chi connectivity index (χ1) is 18.4. The molecule has 0 heterocycles. The summed E-state index contributed by atoms with van der Waals surface area (Å²) in [5.41, 5.74) is -4.33. The summed E-state index contributed by atoms with van der Waals surface area (Å²) < 4.78 is 0. The van der Waals surface area contributed by atoms with E-state index < -0.39 is 38.6 Å². The number of hydrogen-bond acceptors (Lipinski definition) is 6. The number of hydrogen-bond donors (Lipinski definition) is 3. The zero-order chi connectivity index (χ0) is 29.7. The van der Waals surface area contributed by atoms with E-state index in [0.717, 1.165) is 31.3 Å². The van der Waals surface area contributed by atoms with E-state index in [1.807, 2.05) is 26.8 Å². The Labute approximate surface area is 238 Å². The third-order valence-electron chi connectivity index (χ3n) is 13.2. The highest BCUT2D eigenvalue weighted by Crippen LogP contribution is 2.75. The number of carbonyl (C=O) groups excluding carboxylic acids is 3. The molecule has 0 spiro atoms. The maximum atomic E-state index is 14.5. The number of rotatable bonds is 3. The molecular formula is C33H46N2O5. The topological polar surface area (TPSA) is 127 Å². The van der Waals surface area contributed by atoms with Crippen LogP contribution in [0.15, 0.2) is 23.3 Å². The van der Waals surface area contributed by atoms with Crippen LogP contribution in [0, 0.1) is 55.7 Å². The van der Waals surface area contributed by atoms with E-state index in [1.54, 1.807) is 6.08 Å². The molecule has 1 amide bonds. The summed E-state index contributed by atoms with van der Waals surface area (Å²) in [4.78, 5) is 41.0. The van der Waals surface area contributed by atoms with E-state index in [-0.39, 0.29) is 47.5 Å². The predicted octanol–water partition coefficient (Wildman–Crippen LogP) is 4.43. The van der Waals surface area contributed by atoms with Crippen molar-refractivity contribution in [3.05, 3.63) is 23.3 Å². The monoisotopic (exact) mass is 550 g/mol. The first-order valence-electron chi connectivity index (χ1n) is 15.0. The molecule has 8 unspecified atom stereocenters. The highest BCUT2D eigenvalue weighted by molar-refractivity contribution is 6.05. The largest absolute Gasteiger partial charge is 0.395 e. The predicted molar refractivity (Wildman–Crippen MR) is 150 cm³/mol. The first kappa shape index (κ1) is 29.2. The molecule has 3 saturated carbocycles. The summed E-state index contributed by atoms with van der Waals surface area (Å²) in [6, 6.07) is 2.13. The summed E-state index contributed by atoms with van der Waals surface area (Å²) in [7, 11) is 0. The Morgan fingerprint density at radius 1 is 1.02 bits per heavy atom. The van der Waals surface area contributed by atoms with Gasteiger partial charge in [0.05, 0.1) is 12.2 Å². The lowest BCUT2D eigenvalue weighted by Gasteiger charge is -2.71. The van der Waals surface area contributed by atoms with Gasteiger partial charge in [0.2, 0.25) is 5.91 Å². The molecular weight excluding hydrogens is 504 g/mol. The van der Waals surface area contributed by atoms with Crippen LogP contribution in [0.5, 0.6) is 0 Å². The molecule has 218 valence electrons. The van der Waals surface area contributed by atoms with Crippen LogP contribution < -0.4 is 5.32 Å². The quantitative estimate of drug-likeness (QED) is 0.477. The van der Waals surface area contributed by atoms with E-state index >= 15 is 0 Å². The van der Waals surface area contributed by atoms with Gasteiger partial charge in [-0.25, -0.2) is 0 Å². The number of amides is 1. The standard InChI is InChI=1S/C33H46N2O5/c1-27(2)21-8-9-31(6)22(30(21,5)17-20(19-34)25(27)38)16-24(37)33(40)23-18-29(4,26(39)35-14-15-36)11-10-28(23,3)12-13-32(31,33)7/h16-17,21,23,36,40H,8-15,18H2,1-7H3,(H,35,39). The van der Waals surface area contributed by atoms with Crippen molar-refractivity contribution >= 4 is 17.5 Å². The number of nitrogens with zero attached hydrogens (tertiary/aromatic N) is 1. The Balaban J connectivity index is 1.66. The number of ketones is 2. The fraction of sp³-hybridized carbons (Fsp3) is 0.758. The van der Waals surface area contributed by atoms with Crippen LogP contribution >= 0.6 is 0 Å². The van der Waals surface area contributed by atoms with Crippen molar-refractivity contribution in [2.45, 2.75) is 99.0 Å². The molecule has 5 aliphatic rings. The summed E-state index contributed by atoms with van der Waals surface area (Å²) >= 11 is 0. The van der Waals surface area contributed by atoms with E-state index in [0.29, 0.717) is 19.3 Å². The van der Waals surface area contributed by atoms with Crippen LogP contribution in [0.4, 0.5) is 0 Å². The van der Waals surface area contributed by atoms with Crippen LogP contribution in [0.3, 0.4) is 0 Å². The van der Waals surface area contributed by atoms with Gasteiger partial charge < -0.3 is 15.5 Å². The highest BCUT2D eigenvalue weighted by Gasteiger charge is 2.75. The molecule has 0 aromatic carbocycles. The van der Waals surface area contributed by atoms with Gasteiger partial charge in [0.25, 0.3) is 0 Å². The smallest absolute Gasteiger partial charge is 0.226 e. The van der Waals surface area contributed by atoms with Crippen molar-refractivity contribution in [3.8, 4) is 6.07 Å². The second-order valence-electron chi connectivity index (χ2n) is 15.4. The maximum absolute atomic E-state index is 14.5. The van der Waals surface area contributed by atoms with E-state index in [4.69, 9.17) is 0 Å². The van der Waals surface area contributed by atoms with Crippen LogP contribution in [0.25, 0.3) is 0 Å². The summed E-state index contributed by atoms with van der Waals surface area (Å²) in [5.74, 6) is -1.04. The summed E-state index contributed by atoms with van der Waals surface area (Å²) in [6.07, 6.45) is 8.31. The minimum absolute atomic E-state index is 0.0615. The number of aliphatic hydroxyl groups is 2. The minimum Gasteiger partial charge on any atom is -0.395 e. The molecule has 8 atom stereocenters. The first-order valence-corrected chi connectivity index (χ1v) is 15.0. The van der Waals surface area contributed by atoms with E-state index in [1.165, 1.54) is 0 Å². The molecule has 40 heavy (non-hydrogen) atoms. The second-order valence-corrected chi connectivity index (χ2v) is 15.4. The third-order valence-corrected chi connectivity index (χ3v) is 13.2. The molecule has 3 fully saturated rings. The Bertz CT molecular complexity index is 1290. The number of nitriles is 1. The lowest BCUT2D eigenvalue weighted by atomic mass is 9.33. The van der Waals surface area contributed by atoms with Crippen LogP contribution in [-0.2, 0) is 14.4 Å². The van der Waals surface area contributed by atoms with Crippen molar-refractivity contribution in [1.82, 2.24) is 5.32 Å². The van der Waals surface area contributed by atoms with Crippen LogP contribution in [0.2, 0.25) is 0 Å². The molecule has 0 aliphatic heterocycles. The van der Waals surface area contributed by atoms with Gasteiger partial charge in [-0.3, -0.25) is 14.4 Å². The molecule has 0 saturated heterocycles. The van der Waals surface area contributed by atoms with Gasteiger partial charge in [0, 0.05) is 34.1 Å². The van der Waals surface area contributed by atoms with Gasteiger partial charge in [-0.05, 0) is 73.3 Å². The zero-order valence-electron chi connectivity index (χ0n) is 25.2. The Morgan fingerprint density at radius 3 is 2.30 bits per heavy atom. The van der Waals surface area contributed by atoms with Crippen molar-refractivity contribution in [2.75, 3.05) is 13.2 Å². The number of Topliss-reactive ketones (excluding diaryl/α,β-unsaturated/α-hetero) is 1. The lowest BCUT2D eigenvalue weighted by Crippen LogP contribution is -2.74. The van der Waals surface area contributed by atoms with Crippen LogP contribution in [-0.4, -0.2) is 46.4 Å². The van der Waals surface area contributed by atoms with Gasteiger partial charge in [-0.15, -0.1) is 0 Å². The number of nitrogens with one attached hydrogen (secondary N) is 1. The van der Waals surface area contributed by atoms with E-state index in [9.17, 15) is 29.9 Å². The van der Waals surface area contributed by atoms with Crippen molar-refractivity contribution < 1.29 is 24.6 Å². The van der Waals surface area contributed by atoms with Gasteiger partial charge in [-0.2, -0.15) is 5.26 Å². The molecule has 3 N–H and O–H groups in total. The summed E-state index contributed by atoms with van der Waals surface area (Å²) in [6.45, 7) is 14.3. The normalized spacial score (nSPS) is 47.4. The van der Waals surface area contributed by atoms with Gasteiger partial charge in [-0.1, -0.05) is 54.5 Å². The van der Waals surface area contributed by atoms with Crippen molar-refractivity contribution in [3.63, 3.8) is 0 Å². The molecule has 5 rings (SSSR count). The molecule has 0 aromatic heterocycles. The molecule has 0 radical (unpaired) electrons. The van der Waals surface area contributed by atoms with Gasteiger partial charge in [0.1, 0.15) is 11.7 Å². The highest BCUT2D eigenvalue weighted by atomic mass is 16.3. The molecule has 7 heteroatoms. The lowest BCUT2D eigenvalue weighted by molar-refractivity contribution is -0.242. The number of fused-ring (bicyclic) bond motifs is 7. The average Bonchev–Trinajstić information content (AvgIpc) is 2.89. The third kappa shape index (κ3) is 3.33. The minimum atomic E-state index is -1.65. The van der Waals surface area contributed by atoms with Crippen molar-refractivity contribution in [2.24, 2.45) is 44.3 Å². The molecule has 5 aliphatic carbocycles. The van der Waals surface area contributed by atoms with Crippen LogP contribution in [0.1, 0.15) is 93.4 Å². The fourth-order valence-electron chi connectivity index (χ4n) is 10.3. The number of aliphatic hydroxyl groups excluding tert-OH is 1. The Hall–Kier alpha value is -2.30. The molecule has 0 aromatic rings. The average molecular weight is 551 g/mol. The van der Waals surface area contributed by atoms with Gasteiger partial charge >= 0.3 is 0 Å². The summed E-state index contributed by atoms with van der Waals surface area (Å²) in [5, 5.41) is 34.9. The fourth-order valence-corrected chi connectivity index (χ4v) is 10.3. The Morgan fingerprint density at radius 2 is 1.68 bits per heavy atom. The van der Waals surface area contributed by atoms with Crippen molar-refractivity contribution in [1.29, 1.82) is 5.26 Å². The number of carbonyl (C=O) groups is 3. The second kappa shape index (κ2) is 8.61.